The molecular formula is C23H19Cl2N3O3. The highest BCUT2D eigenvalue weighted by molar-refractivity contribution is 6.32. The number of hydrogen-bond acceptors (Lipinski definition) is 4. The van der Waals surface area contributed by atoms with Crippen molar-refractivity contribution >= 4 is 52.3 Å². The van der Waals surface area contributed by atoms with Gasteiger partial charge in [-0.15, -0.1) is 0 Å². The van der Waals surface area contributed by atoms with E-state index >= 15 is 0 Å². The van der Waals surface area contributed by atoms with Gasteiger partial charge in [0.25, 0.3) is 0 Å². The number of carbonyl (C=O) groups excluding carboxylic acids is 3. The third-order valence-electron chi connectivity index (χ3n) is 7.45. The minimum Gasteiger partial charge on any atom is -0.324 e. The predicted octanol–water partition coefficient (Wildman–Crippen LogP) is 3.73. The average Bonchev–Trinajstić information content (AvgIpc) is 3.45. The van der Waals surface area contributed by atoms with Crippen molar-refractivity contribution in [2.24, 2.45) is 11.8 Å². The summed E-state index contributed by atoms with van der Waals surface area (Å²) in [4.78, 5) is 44.4. The lowest BCUT2D eigenvalue weighted by Gasteiger charge is -2.36. The molecule has 0 aromatic heterocycles. The van der Waals surface area contributed by atoms with Crippen LogP contribution in [0.15, 0.2) is 36.4 Å². The maximum atomic E-state index is 13.8. The van der Waals surface area contributed by atoms with Gasteiger partial charge in [0.15, 0.2) is 0 Å². The second-order valence-corrected chi connectivity index (χ2v) is 9.55. The molecule has 3 saturated heterocycles. The molecule has 3 amide bonds. The predicted molar refractivity (Wildman–Crippen MR) is 117 cm³/mol. The monoisotopic (exact) mass is 455 g/mol. The normalized spacial score (nSPS) is 31.4. The van der Waals surface area contributed by atoms with E-state index in [0.29, 0.717) is 28.0 Å². The molecule has 2 aromatic rings. The van der Waals surface area contributed by atoms with Crippen LogP contribution in [0.4, 0.5) is 11.4 Å². The molecule has 0 unspecified atom stereocenters. The summed E-state index contributed by atoms with van der Waals surface area (Å²) in [5, 5.41) is 4.08. The molecule has 31 heavy (non-hydrogen) atoms. The summed E-state index contributed by atoms with van der Waals surface area (Å²) in [6.07, 6.45) is 1.67. The van der Waals surface area contributed by atoms with Gasteiger partial charge < -0.3 is 5.32 Å². The van der Waals surface area contributed by atoms with E-state index < -0.39 is 17.4 Å². The third-order valence-corrected chi connectivity index (χ3v) is 8.11. The van der Waals surface area contributed by atoms with Gasteiger partial charge in [-0.2, -0.15) is 0 Å². The molecule has 4 aliphatic heterocycles. The number of halogens is 2. The van der Waals surface area contributed by atoms with Crippen LogP contribution in [0.2, 0.25) is 10.0 Å². The van der Waals surface area contributed by atoms with Crippen molar-refractivity contribution in [3.63, 3.8) is 0 Å². The fourth-order valence-electron chi connectivity index (χ4n) is 6.24. The first-order valence-corrected chi connectivity index (χ1v) is 11.1. The van der Waals surface area contributed by atoms with Crippen molar-refractivity contribution in [3.05, 3.63) is 57.6 Å². The maximum Gasteiger partial charge on any atom is 0.250 e. The molecular weight excluding hydrogens is 437 g/mol. The van der Waals surface area contributed by atoms with Gasteiger partial charge in [0.1, 0.15) is 5.54 Å². The van der Waals surface area contributed by atoms with Gasteiger partial charge in [-0.3, -0.25) is 19.3 Å². The van der Waals surface area contributed by atoms with E-state index in [-0.39, 0.29) is 23.8 Å². The highest BCUT2D eigenvalue weighted by Gasteiger charge is 2.74. The van der Waals surface area contributed by atoms with Gasteiger partial charge >= 0.3 is 0 Å². The summed E-state index contributed by atoms with van der Waals surface area (Å²) in [7, 11) is 0. The second-order valence-electron chi connectivity index (χ2n) is 8.71. The summed E-state index contributed by atoms with van der Waals surface area (Å²) in [5.41, 5.74) is 1.48. The lowest BCUT2D eigenvalue weighted by atomic mass is 9.75. The first kappa shape index (κ1) is 19.3. The van der Waals surface area contributed by atoms with Crippen molar-refractivity contribution < 1.29 is 14.4 Å². The standard InChI is InChI=1S/C23H19Cl2N3O3/c1-11-15(25)9-8-14-19(11)26-22(31)23(14)18-17(16-3-2-10-27(16)23)20(29)28(21(18)30)13-6-4-12(24)5-7-13/h4-9,16-18H,2-3,10H2,1H3,(H,26,31)/t16-,17-,18-,23-/m1/s1. The number of amides is 3. The molecule has 0 aliphatic carbocycles. The summed E-state index contributed by atoms with van der Waals surface area (Å²) in [6, 6.07) is 10.1. The number of imide groups is 1. The van der Waals surface area contributed by atoms with Crippen molar-refractivity contribution in [2.75, 3.05) is 16.8 Å². The Kier molecular flexibility index (Phi) is 3.93. The summed E-state index contributed by atoms with van der Waals surface area (Å²) >= 11 is 12.3. The van der Waals surface area contributed by atoms with E-state index in [1.165, 1.54) is 4.90 Å². The molecule has 0 bridgehead atoms. The summed E-state index contributed by atoms with van der Waals surface area (Å²) < 4.78 is 0. The first-order valence-electron chi connectivity index (χ1n) is 10.4. The van der Waals surface area contributed by atoms with Crippen LogP contribution in [0.5, 0.6) is 0 Å². The highest BCUT2D eigenvalue weighted by Crippen LogP contribution is 2.61. The van der Waals surface area contributed by atoms with Crippen LogP contribution >= 0.6 is 23.2 Å². The number of benzene rings is 2. The zero-order valence-electron chi connectivity index (χ0n) is 16.7. The molecule has 6 nitrogen and oxygen atoms in total. The Morgan fingerprint density at radius 2 is 1.77 bits per heavy atom. The Morgan fingerprint density at radius 3 is 2.52 bits per heavy atom. The van der Waals surface area contributed by atoms with E-state index in [1.54, 1.807) is 30.3 Å². The average molecular weight is 456 g/mol. The molecule has 1 spiro atoms. The molecule has 0 saturated carbocycles. The van der Waals surface area contributed by atoms with Crippen LogP contribution in [0.3, 0.4) is 0 Å². The van der Waals surface area contributed by atoms with Gasteiger partial charge in [-0.05, 0) is 62.2 Å². The quantitative estimate of drug-likeness (QED) is 0.665. The van der Waals surface area contributed by atoms with Crippen LogP contribution in [-0.2, 0) is 19.9 Å². The van der Waals surface area contributed by atoms with Crippen LogP contribution in [-0.4, -0.2) is 35.2 Å². The van der Waals surface area contributed by atoms with E-state index in [1.807, 2.05) is 13.0 Å². The third kappa shape index (κ3) is 2.20. The Labute approximate surface area is 189 Å². The van der Waals surface area contributed by atoms with Gasteiger partial charge in [0.2, 0.25) is 17.7 Å². The number of carbonyl (C=O) groups is 3. The van der Waals surface area contributed by atoms with E-state index in [9.17, 15) is 14.4 Å². The minimum absolute atomic E-state index is 0.147. The number of nitrogens with one attached hydrogen (secondary N) is 1. The zero-order valence-corrected chi connectivity index (χ0v) is 18.2. The summed E-state index contributed by atoms with van der Waals surface area (Å²) in [6.45, 7) is 2.53. The molecule has 6 rings (SSSR count). The van der Waals surface area contributed by atoms with E-state index in [2.05, 4.69) is 10.2 Å². The first-order chi connectivity index (χ1) is 14.9. The number of fused-ring (bicyclic) bond motifs is 7. The van der Waals surface area contributed by atoms with Crippen molar-refractivity contribution in [2.45, 2.75) is 31.3 Å². The molecule has 2 aromatic carbocycles. The molecule has 1 N–H and O–H groups in total. The molecule has 4 atom stereocenters. The number of nitrogens with zero attached hydrogens (tertiary/aromatic N) is 2. The summed E-state index contributed by atoms with van der Waals surface area (Å²) in [5.74, 6) is -2.15. The van der Waals surface area contributed by atoms with E-state index in [0.717, 1.165) is 24.0 Å². The second kappa shape index (κ2) is 6.31. The molecule has 8 heteroatoms. The van der Waals surface area contributed by atoms with Crippen LogP contribution in [0, 0.1) is 18.8 Å². The molecule has 158 valence electrons. The largest absolute Gasteiger partial charge is 0.324 e. The Hall–Kier alpha value is -2.41. The van der Waals surface area contributed by atoms with Gasteiger partial charge in [0.05, 0.1) is 23.2 Å². The van der Waals surface area contributed by atoms with Crippen molar-refractivity contribution in [1.82, 2.24) is 4.90 Å². The fraction of sp³-hybridized carbons (Fsp3) is 0.348. The van der Waals surface area contributed by atoms with Gasteiger partial charge in [-0.25, -0.2) is 4.90 Å². The lowest BCUT2D eigenvalue weighted by molar-refractivity contribution is -0.135. The van der Waals surface area contributed by atoms with Gasteiger partial charge in [0, 0.05) is 21.7 Å². The van der Waals surface area contributed by atoms with Crippen LogP contribution in [0.1, 0.15) is 24.0 Å². The molecule has 3 fully saturated rings. The smallest absolute Gasteiger partial charge is 0.250 e. The molecule has 4 aliphatic rings. The van der Waals surface area contributed by atoms with Crippen molar-refractivity contribution in [1.29, 1.82) is 0 Å². The highest BCUT2D eigenvalue weighted by atomic mass is 35.5. The number of anilines is 2. The zero-order chi connectivity index (χ0) is 21.7. The van der Waals surface area contributed by atoms with Gasteiger partial charge in [-0.1, -0.05) is 29.3 Å². The number of hydrogen-bond donors (Lipinski definition) is 1. The SMILES string of the molecule is Cc1c(Cl)ccc2c1NC(=O)[C@]21[C@H]2C(=O)N(c3ccc(Cl)cc3)C(=O)[C@@H]2[C@H]2CCCN21. The lowest BCUT2D eigenvalue weighted by Crippen LogP contribution is -2.54. The van der Waals surface area contributed by atoms with Crippen LogP contribution < -0.4 is 10.2 Å². The Morgan fingerprint density at radius 1 is 1.03 bits per heavy atom. The molecule has 0 radical (unpaired) electrons. The van der Waals surface area contributed by atoms with Crippen LogP contribution in [0.25, 0.3) is 0 Å². The fourth-order valence-corrected chi connectivity index (χ4v) is 6.52. The minimum atomic E-state index is -1.19. The maximum absolute atomic E-state index is 13.8. The Bertz CT molecular complexity index is 1180. The Balaban J connectivity index is 1.56. The van der Waals surface area contributed by atoms with E-state index in [4.69, 9.17) is 23.2 Å². The topological polar surface area (TPSA) is 69.7 Å². The number of rotatable bonds is 1. The molecule has 4 heterocycles. The van der Waals surface area contributed by atoms with Crippen molar-refractivity contribution in [3.8, 4) is 0 Å².